The van der Waals surface area contributed by atoms with Gasteiger partial charge in [-0.05, 0) is 43.2 Å². The zero-order valence-electron chi connectivity index (χ0n) is 18.4. The Labute approximate surface area is 205 Å². The van der Waals surface area contributed by atoms with Crippen LogP contribution in [-0.2, 0) is 5.75 Å². The molecule has 0 fully saturated rings. The number of thiazole rings is 1. The number of aromatic nitrogens is 5. The van der Waals surface area contributed by atoms with Gasteiger partial charge in [0.15, 0.2) is 11.0 Å². The molecule has 170 valence electrons. The van der Waals surface area contributed by atoms with Gasteiger partial charge >= 0.3 is 0 Å². The second-order valence-corrected chi connectivity index (χ2v) is 10.1. The fourth-order valence-electron chi connectivity index (χ4n) is 2.95. The van der Waals surface area contributed by atoms with Crippen LogP contribution in [0.4, 0.5) is 0 Å². The summed E-state index contributed by atoms with van der Waals surface area (Å²) in [5.41, 5.74) is 2.21. The lowest BCUT2D eigenvalue weighted by atomic mass is 10.1. The largest absolute Gasteiger partial charge is 0.348 e. The molecule has 0 saturated heterocycles. The van der Waals surface area contributed by atoms with E-state index in [0.29, 0.717) is 33.4 Å². The van der Waals surface area contributed by atoms with E-state index in [-0.39, 0.29) is 11.9 Å². The van der Waals surface area contributed by atoms with E-state index in [1.165, 1.54) is 23.1 Å². The SMILES string of the molecule is CC(C)C(C)NC(=O)c1csc(CSc2nnc(-c3ccncc3)n2-c2cccc(Cl)c2)n1. The van der Waals surface area contributed by atoms with Crippen LogP contribution >= 0.6 is 34.7 Å². The highest BCUT2D eigenvalue weighted by Gasteiger charge is 2.19. The van der Waals surface area contributed by atoms with Crippen molar-refractivity contribution in [3.8, 4) is 17.1 Å². The van der Waals surface area contributed by atoms with E-state index in [2.05, 4.69) is 39.3 Å². The summed E-state index contributed by atoms with van der Waals surface area (Å²) in [4.78, 5) is 21.1. The van der Waals surface area contributed by atoms with Crippen LogP contribution in [0.3, 0.4) is 0 Å². The Hall–Kier alpha value is -2.75. The smallest absolute Gasteiger partial charge is 0.270 e. The van der Waals surface area contributed by atoms with E-state index in [1.54, 1.807) is 17.8 Å². The van der Waals surface area contributed by atoms with E-state index in [0.717, 1.165) is 16.3 Å². The molecule has 3 heterocycles. The molecule has 4 rings (SSSR count). The second kappa shape index (κ2) is 10.5. The van der Waals surface area contributed by atoms with Crippen molar-refractivity contribution in [1.29, 1.82) is 0 Å². The molecule has 0 aliphatic carbocycles. The highest BCUT2D eigenvalue weighted by molar-refractivity contribution is 7.98. The third kappa shape index (κ3) is 5.61. The van der Waals surface area contributed by atoms with Crippen molar-refractivity contribution in [1.82, 2.24) is 30.0 Å². The Morgan fingerprint density at radius 1 is 1.18 bits per heavy atom. The van der Waals surface area contributed by atoms with Gasteiger partial charge < -0.3 is 5.32 Å². The van der Waals surface area contributed by atoms with Gasteiger partial charge in [0.05, 0.1) is 11.4 Å². The summed E-state index contributed by atoms with van der Waals surface area (Å²) in [7, 11) is 0. The molecular formula is C23H23ClN6OS2. The Bertz CT molecular complexity index is 1240. The molecule has 4 aromatic rings. The predicted octanol–water partition coefficient (Wildman–Crippen LogP) is 5.51. The van der Waals surface area contributed by atoms with Crippen LogP contribution in [0.1, 0.15) is 36.3 Å². The summed E-state index contributed by atoms with van der Waals surface area (Å²) in [6.45, 7) is 6.14. The van der Waals surface area contributed by atoms with Crippen molar-refractivity contribution in [3.63, 3.8) is 0 Å². The average molecular weight is 499 g/mol. The van der Waals surface area contributed by atoms with Crippen molar-refractivity contribution in [2.24, 2.45) is 5.92 Å². The molecular weight excluding hydrogens is 476 g/mol. The molecule has 0 bridgehead atoms. The van der Waals surface area contributed by atoms with Crippen LogP contribution in [0.15, 0.2) is 59.3 Å². The molecule has 1 N–H and O–H groups in total. The lowest BCUT2D eigenvalue weighted by Gasteiger charge is -2.16. The quantitative estimate of drug-likeness (QED) is 0.322. The number of halogens is 1. The van der Waals surface area contributed by atoms with Crippen LogP contribution in [0.25, 0.3) is 17.1 Å². The van der Waals surface area contributed by atoms with Gasteiger partial charge in [0.25, 0.3) is 5.91 Å². The maximum atomic E-state index is 12.5. The Morgan fingerprint density at radius 2 is 1.97 bits per heavy atom. The summed E-state index contributed by atoms with van der Waals surface area (Å²) in [6, 6.07) is 11.4. The highest BCUT2D eigenvalue weighted by Crippen LogP contribution is 2.31. The van der Waals surface area contributed by atoms with Crippen molar-refractivity contribution >= 4 is 40.6 Å². The zero-order chi connectivity index (χ0) is 23.4. The number of thioether (sulfide) groups is 1. The maximum Gasteiger partial charge on any atom is 0.270 e. The number of hydrogen-bond donors (Lipinski definition) is 1. The lowest BCUT2D eigenvalue weighted by Crippen LogP contribution is -2.36. The first-order valence-electron chi connectivity index (χ1n) is 10.4. The van der Waals surface area contributed by atoms with Crippen LogP contribution in [0.5, 0.6) is 0 Å². The fraction of sp³-hybridized carbons (Fsp3) is 0.261. The molecule has 0 aliphatic rings. The lowest BCUT2D eigenvalue weighted by molar-refractivity contribution is 0.0926. The number of carbonyl (C=O) groups excluding carboxylic acids is 1. The number of rotatable bonds is 8. The molecule has 10 heteroatoms. The molecule has 0 saturated carbocycles. The monoisotopic (exact) mass is 498 g/mol. The van der Waals surface area contributed by atoms with Crippen LogP contribution < -0.4 is 5.32 Å². The molecule has 7 nitrogen and oxygen atoms in total. The topological polar surface area (TPSA) is 85.6 Å². The number of amides is 1. The Kier molecular flexibility index (Phi) is 7.42. The number of pyridine rings is 1. The summed E-state index contributed by atoms with van der Waals surface area (Å²) >= 11 is 9.22. The summed E-state index contributed by atoms with van der Waals surface area (Å²) < 4.78 is 1.97. The summed E-state index contributed by atoms with van der Waals surface area (Å²) in [5, 5.41) is 15.8. The molecule has 1 amide bonds. The third-order valence-corrected chi connectivity index (χ3v) is 7.31. The Balaban J connectivity index is 1.56. The molecule has 1 atom stereocenters. The van der Waals surface area contributed by atoms with Crippen molar-refractivity contribution in [2.75, 3.05) is 0 Å². The van der Waals surface area contributed by atoms with E-state index in [4.69, 9.17) is 11.6 Å². The third-order valence-electron chi connectivity index (χ3n) is 5.11. The number of nitrogens with one attached hydrogen (secondary N) is 1. The molecule has 3 aromatic heterocycles. The maximum absolute atomic E-state index is 12.5. The Morgan fingerprint density at radius 3 is 2.70 bits per heavy atom. The van der Waals surface area contributed by atoms with Gasteiger partial charge in [0, 0.05) is 34.4 Å². The minimum absolute atomic E-state index is 0.0832. The first-order valence-corrected chi connectivity index (χ1v) is 12.7. The predicted molar refractivity (Wildman–Crippen MR) is 133 cm³/mol. The van der Waals surface area contributed by atoms with Crippen molar-refractivity contribution in [3.05, 3.63) is 69.9 Å². The van der Waals surface area contributed by atoms with E-state index < -0.39 is 0 Å². The number of benzene rings is 1. The molecule has 0 aliphatic heterocycles. The fourth-order valence-corrected chi connectivity index (χ4v) is 4.88. The minimum atomic E-state index is -0.147. The minimum Gasteiger partial charge on any atom is -0.348 e. The van der Waals surface area contributed by atoms with Crippen LogP contribution in [-0.4, -0.2) is 36.7 Å². The molecule has 1 aromatic carbocycles. The summed E-state index contributed by atoms with van der Waals surface area (Å²) in [6.07, 6.45) is 3.45. The molecule has 0 spiro atoms. The van der Waals surface area contributed by atoms with E-state index in [1.807, 2.05) is 47.9 Å². The van der Waals surface area contributed by atoms with Gasteiger partial charge in [0.1, 0.15) is 10.7 Å². The number of hydrogen-bond acceptors (Lipinski definition) is 7. The first kappa shape index (κ1) is 23.4. The van der Waals surface area contributed by atoms with Crippen molar-refractivity contribution < 1.29 is 4.79 Å². The summed E-state index contributed by atoms with van der Waals surface area (Å²) in [5.74, 6) is 1.47. The zero-order valence-corrected chi connectivity index (χ0v) is 20.8. The first-order chi connectivity index (χ1) is 15.9. The normalized spacial score (nSPS) is 12.2. The van der Waals surface area contributed by atoms with Crippen molar-refractivity contribution in [2.45, 2.75) is 37.7 Å². The molecule has 1 unspecified atom stereocenters. The van der Waals surface area contributed by atoms with Gasteiger partial charge in [-0.25, -0.2) is 4.98 Å². The van der Waals surface area contributed by atoms with Gasteiger partial charge in [-0.2, -0.15) is 0 Å². The van der Waals surface area contributed by atoms with E-state index >= 15 is 0 Å². The second-order valence-electron chi connectivity index (χ2n) is 7.78. The van der Waals surface area contributed by atoms with Gasteiger partial charge in [0.2, 0.25) is 0 Å². The molecule has 0 radical (unpaired) electrons. The number of carbonyl (C=O) groups is 1. The highest BCUT2D eigenvalue weighted by atomic mass is 35.5. The molecule has 33 heavy (non-hydrogen) atoms. The van der Waals surface area contributed by atoms with Gasteiger partial charge in [-0.1, -0.05) is 43.3 Å². The van der Waals surface area contributed by atoms with Gasteiger partial charge in [-0.15, -0.1) is 21.5 Å². The number of nitrogens with zero attached hydrogens (tertiary/aromatic N) is 5. The van der Waals surface area contributed by atoms with Crippen LogP contribution in [0.2, 0.25) is 5.02 Å². The van der Waals surface area contributed by atoms with Crippen LogP contribution in [0, 0.1) is 5.92 Å². The average Bonchev–Trinajstić information content (AvgIpc) is 3.45. The van der Waals surface area contributed by atoms with E-state index in [9.17, 15) is 4.79 Å². The standard InChI is InChI=1S/C23H23ClN6OS2/c1-14(2)15(3)26-22(31)19-12-32-20(27-19)13-33-23-29-28-21(16-7-9-25-10-8-16)30(23)18-6-4-5-17(24)11-18/h4-12,14-15H,13H2,1-3H3,(H,26,31). The van der Waals surface area contributed by atoms with Gasteiger partial charge in [-0.3, -0.25) is 14.3 Å².